The summed E-state index contributed by atoms with van der Waals surface area (Å²) in [5.41, 5.74) is 1.33. The molecule has 1 saturated carbocycles. The minimum atomic E-state index is 0.334. The molecular formula is C11H19N. The highest BCUT2D eigenvalue weighted by Gasteiger charge is 2.24. The van der Waals surface area contributed by atoms with E-state index in [-0.39, 0.29) is 0 Å². The fourth-order valence-electron chi connectivity index (χ4n) is 1.72. The van der Waals surface area contributed by atoms with Gasteiger partial charge in [0.1, 0.15) is 0 Å². The Hall–Kier alpha value is -0.590. The summed E-state index contributed by atoms with van der Waals surface area (Å²) in [6.07, 6.45) is 6.33. The van der Waals surface area contributed by atoms with Crippen LogP contribution in [0.3, 0.4) is 0 Å². The number of rotatable bonds is 5. The molecule has 0 N–H and O–H groups in total. The maximum Gasteiger partial charge on any atom is 0.0701 e. The largest absolute Gasteiger partial charge is 0.293 e. The van der Waals surface area contributed by atoms with E-state index < -0.39 is 0 Å². The normalized spacial score (nSPS) is 19.8. The third-order valence-corrected chi connectivity index (χ3v) is 2.84. The van der Waals surface area contributed by atoms with Crippen molar-refractivity contribution in [1.29, 1.82) is 0 Å². The van der Waals surface area contributed by atoms with Crippen molar-refractivity contribution in [2.24, 2.45) is 10.9 Å². The van der Waals surface area contributed by atoms with E-state index in [4.69, 9.17) is 0 Å². The molecular weight excluding hydrogens is 146 g/mol. The molecule has 0 aliphatic heterocycles. The fourth-order valence-corrected chi connectivity index (χ4v) is 1.72. The van der Waals surface area contributed by atoms with Gasteiger partial charge in [0.15, 0.2) is 0 Å². The van der Waals surface area contributed by atoms with Crippen LogP contribution in [0.4, 0.5) is 0 Å². The van der Waals surface area contributed by atoms with Gasteiger partial charge in [-0.05, 0) is 37.5 Å². The summed E-state index contributed by atoms with van der Waals surface area (Å²) in [6, 6.07) is 0.334. The summed E-state index contributed by atoms with van der Waals surface area (Å²) in [4.78, 5) is 4.13. The molecule has 0 saturated heterocycles. The van der Waals surface area contributed by atoms with Crippen LogP contribution in [0.2, 0.25) is 0 Å². The summed E-state index contributed by atoms with van der Waals surface area (Å²) in [6.45, 7) is 9.95. The van der Waals surface area contributed by atoms with E-state index in [0.29, 0.717) is 6.04 Å². The van der Waals surface area contributed by atoms with Gasteiger partial charge in [0.25, 0.3) is 0 Å². The summed E-state index contributed by atoms with van der Waals surface area (Å²) < 4.78 is 0. The number of nitrogens with zero attached hydrogens (tertiary/aromatic N) is 1. The topological polar surface area (TPSA) is 12.4 Å². The second-order valence-corrected chi connectivity index (χ2v) is 3.69. The first kappa shape index (κ1) is 9.50. The van der Waals surface area contributed by atoms with Crippen molar-refractivity contribution >= 4 is 6.72 Å². The lowest BCUT2D eigenvalue weighted by molar-refractivity contribution is 0.349. The van der Waals surface area contributed by atoms with E-state index in [0.717, 1.165) is 12.3 Å². The Balaban J connectivity index is 2.40. The van der Waals surface area contributed by atoms with Crippen LogP contribution in [0.25, 0.3) is 0 Å². The predicted octanol–water partition coefficient (Wildman–Crippen LogP) is 3.21. The summed E-state index contributed by atoms with van der Waals surface area (Å²) >= 11 is 0. The van der Waals surface area contributed by atoms with Crippen LogP contribution >= 0.6 is 0 Å². The molecule has 1 nitrogen and oxygen atoms in total. The average Bonchev–Trinajstić information content (AvgIpc) is 1.96. The molecule has 0 aromatic heterocycles. The van der Waals surface area contributed by atoms with Gasteiger partial charge in [-0.1, -0.05) is 26.3 Å². The second-order valence-electron chi connectivity index (χ2n) is 3.69. The van der Waals surface area contributed by atoms with E-state index >= 15 is 0 Å². The van der Waals surface area contributed by atoms with Crippen molar-refractivity contribution in [3.8, 4) is 0 Å². The van der Waals surface area contributed by atoms with Crippen LogP contribution < -0.4 is 0 Å². The predicted molar refractivity (Wildman–Crippen MR) is 54.7 cm³/mol. The molecule has 0 aromatic rings. The van der Waals surface area contributed by atoms with Gasteiger partial charge in [0, 0.05) is 0 Å². The Labute approximate surface area is 75.6 Å². The second kappa shape index (κ2) is 4.44. The van der Waals surface area contributed by atoms with Crippen molar-refractivity contribution in [1.82, 2.24) is 0 Å². The van der Waals surface area contributed by atoms with E-state index in [2.05, 4.69) is 25.2 Å². The first-order chi connectivity index (χ1) is 5.79. The molecule has 68 valence electrons. The maximum atomic E-state index is 4.13. The third kappa shape index (κ3) is 1.96. The first-order valence-corrected chi connectivity index (χ1v) is 4.94. The number of aliphatic imine (C=N–C) groups is 1. The third-order valence-electron chi connectivity index (χ3n) is 2.84. The van der Waals surface area contributed by atoms with Crippen LogP contribution in [-0.4, -0.2) is 12.8 Å². The molecule has 1 aliphatic rings. The van der Waals surface area contributed by atoms with Crippen LogP contribution in [0.15, 0.2) is 17.1 Å². The minimum Gasteiger partial charge on any atom is -0.293 e. The summed E-state index contributed by atoms with van der Waals surface area (Å²) in [7, 11) is 0. The van der Waals surface area contributed by atoms with Crippen molar-refractivity contribution in [3.05, 3.63) is 12.2 Å². The van der Waals surface area contributed by atoms with Gasteiger partial charge >= 0.3 is 0 Å². The maximum absolute atomic E-state index is 4.13. The Kier molecular flexibility index (Phi) is 3.51. The molecule has 1 rings (SSSR count). The molecule has 1 atom stereocenters. The molecule has 0 radical (unpaired) electrons. The molecule has 1 heteroatoms. The molecule has 0 amide bonds. The van der Waals surface area contributed by atoms with Crippen LogP contribution in [-0.2, 0) is 0 Å². The summed E-state index contributed by atoms with van der Waals surface area (Å²) in [5, 5.41) is 0. The van der Waals surface area contributed by atoms with Crippen LogP contribution in [0, 0.1) is 5.92 Å². The molecule has 0 heterocycles. The lowest BCUT2D eigenvalue weighted by atomic mass is 9.77. The lowest BCUT2D eigenvalue weighted by Crippen LogP contribution is -2.21. The highest BCUT2D eigenvalue weighted by Crippen LogP contribution is 2.35. The SMILES string of the molecule is C=NC(CCC)C(=C)C1CCC1. The Morgan fingerprint density at radius 1 is 1.58 bits per heavy atom. The number of hydrogen-bond donors (Lipinski definition) is 0. The van der Waals surface area contributed by atoms with Crippen molar-refractivity contribution < 1.29 is 0 Å². The molecule has 1 unspecified atom stereocenters. The van der Waals surface area contributed by atoms with E-state index in [9.17, 15) is 0 Å². The smallest absolute Gasteiger partial charge is 0.0701 e. The molecule has 0 aromatic carbocycles. The standard InChI is InChI=1S/C11H19N/c1-4-6-11(12-3)9(2)10-7-5-8-10/h10-11H,2-8H2,1H3. The first-order valence-electron chi connectivity index (χ1n) is 4.94. The van der Waals surface area contributed by atoms with Gasteiger partial charge < -0.3 is 0 Å². The zero-order valence-electron chi connectivity index (χ0n) is 8.05. The lowest BCUT2D eigenvalue weighted by Gasteiger charge is -2.30. The van der Waals surface area contributed by atoms with Crippen molar-refractivity contribution in [2.75, 3.05) is 0 Å². The Morgan fingerprint density at radius 2 is 2.25 bits per heavy atom. The highest BCUT2D eigenvalue weighted by atomic mass is 14.7. The molecule has 0 spiro atoms. The molecule has 1 aliphatic carbocycles. The number of hydrogen-bond acceptors (Lipinski definition) is 1. The minimum absolute atomic E-state index is 0.334. The monoisotopic (exact) mass is 165 g/mol. The Morgan fingerprint density at radius 3 is 2.58 bits per heavy atom. The van der Waals surface area contributed by atoms with Crippen molar-refractivity contribution in [2.45, 2.75) is 45.1 Å². The van der Waals surface area contributed by atoms with Gasteiger partial charge in [-0.15, -0.1) is 0 Å². The summed E-state index contributed by atoms with van der Waals surface area (Å²) in [5.74, 6) is 0.757. The molecule has 0 bridgehead atoms. The Bertz CT molecular complexity index is 168. The zero-order chi connectivity index (χ0) is 8.97. The van der Waals surface area contributed by atoms with Gasteiger partial charge in [0.2, 0.25) is 0 Å². The van der Waals surface area contributed by atoms with Gasteiger partial charge in [-0.3, -0.25) is 4.99 Å². The van der Waals surface area contributed by atoms with E-state index in [1.54, 1.807) is 0 Å². The van der Waals surface area contributed by atoms with Crippen molar-refractivity contribution in [3.63, 3.8) is 0 Å². The quantitative estimate of drug-likeness (QED) is 0.438. The van der Waals surface area contributed by atoms with E-state index in [1.807, 2.05) is 0 Å². The van der Waals surface area contributed by atoms with Gasteiger partial charge in [-0.2, -0.15) is 0 Å². The van der Waals surface area contributed by atoms with Gasteiger partial charge in [0.05, 0.1) is 6.04 Å². The van der Waals surface area contributed by atoms with Crippen LogP contribution in [0.1, 0.15) is 39.0 Å². The highest BCUT2D eigenvalue weighted by molar-refractivity contribution is 5.28. The average molecular weight is 165 g/mol. The zero-order valence-corrected chi connectivity index (χ0v) is 8.05. The fraction of sp³-hybridized carbons (Fsp3) is 0.727. The van der Waals surface area contributed by atoms with Crippen LogP contribution in [0.5, 0.6) is 0 Å². The molecule has 12 heavy (non-hydrogen) atoms. The molecule has 1 fully saturated rings. The van der Waals surface area contributed by atoms with E-state index in [1.165, 1.54) is 31.3 Å². The van der Waals surface area contributed by atoms with Gasteiger partial charge in [-0.25, -0.2) is 0 Å².